The van der Waals surface area contributed by atoms with Crippen LogP contribution < -0.4 is 19.5 Å². The summed E-state index contributed by atoms with van der Waals surface area (Å²) in [6, 6.07) is 11.3. The average Bonchev–Trinajstić information content (AvgIpc) is 2.87. The number of anilines is 1. The number of rotatable bonds is 5. The van der Waals surface area contributed by atoms with Gasteiger partial charge in [0.2, 0.25) is 11.8 Å². The van der Waals surface area contributed by atoms with Gasteiger partial charge in [0.25, 0.3) is 0 Å². The van der Waals surface area contributed by atoms with Crippen LogP contribution in [0.5, 0.6) is 17.4 Å². The van der Waals surface area contributed by atoms with Crippen molar-refractivity contribution < 1.29 is 19.0 Å². The molecule has 1 N–H and O–H groups in total. The number of benzene rings is 1. The fraction of sp³-hybridized carbons (Fsp3) is 0.346. The summed E-state index contributed by atoms with van der Waals surface area (Å²) >= 11 is 0. The van der Waals surface area contributed by atoms with Gasteiger partial charge in [-0.15, -0.1) is 0 Å². The Bertz CT molecular complexity index is 1190. The fourth-order valence-corrected chi connectivity index (χ4v) is 4.45. The lowest BCUT2D eigenvalue weighted by atomic mass is 9.81. The Hall–Kier alpha value is -3.61. The van der Waals surface area contributed by atoms with E-state index in [9.17, 15) is 4.79 Å². The van der Waals surface area contributed by atoms with E-state index in [2.05, 4.69) is 27.4 Å². The summed E-state index contributed by atoms with van der Waals surface area (Å²) in [5, 5.41) is 3.05. The molecule has 0 unspecified atom stereocenters. The third-order valence-electron chi connectivity index (χ3n) is 6.30. The van der Waals surface area contributed by atoms with E-state index >= 15 is 0 Å². The minimum absolute atomic E-state index is 0.0236. The minimum Gasteiger partial charge on any atom is -0.486 e. The molecular weight excluding hydrogens is 418 g/mol. The number of ether oxygens (including phenoxy) is 3. The Morgan fingerprint density at radius 2 is 1.88 bits per heavy atom. The van der Waals surface area contributed by atoms with Gasteiger partial charge in [0.1, 0.15) is 13.2 Å². The molecule has 0 spiro atoms. The van der Waals surface area contributed by atoms with E-state index in [4.69, 9.17) is 14.2 Å². The molecule has 1 saturated carbocycles. The predicted octanol–water partition coefficient (Wildman–Crippen LogP) is 4.87. The number of amides is 1. The zero-order valence-electron chi connectivity index (χ0n) is 18.6. The zero-order valence-corrected chi connectivity index (χ0v) is 18.6. The molecule has 0 radical (unpaired) electrons. The first kappa shape index (κ1) is 21.2. The highest BCUT2D eigenvalue weighted by Gasteiger charge is 2.25. The van der Waals surface area contributed by atoms with Crippen molar-refractivity contribution in [2.24, 2.45) is 11.8 Å². The Morgan fingerprint density at radius 3 is 2.70 bits per heavy atom. The third-order valence-corrected chi connectivity index (χ3v) is 6.30. The molecule has 1 fully saturated rings. The third kappa shape index (κ3) is 4.77. The molecule has 0 saturated heterocycles. The number of allylic oxidation sites excluding steroid dienone is 1. The molecular formula is C26H27N3O4. The molecule has 1 aliphatic heterocycles. The Morgan fingerprint density at radius 1 is 1.06 bits per heavy atom. The van der Waals surface area contributed by atoms with E-state index in [1.54, 1.807) is 13.3 Å². The van der Waals surface area contributed by atoms with Crippen LogP contribution in [-0.2, 0) is 4.79 Å². The van der Waals surface area contributed by atoms with Crippen LogP contribution in [0.4, 0.5) is 5.69 Å². The summed E-state index contributed by atoms with van der Waals surface area (Å²) in [5.41, 5.74) is 3.45. The lowest BCUT2D eigenvalue weighted by molar-refractivity contribution is -0.120. The molecule has 2 aliphatic rings. The minimum atomic E-state index is 0.0236. The predicted molar refractivity (Wildman–Crippen MR) is 127 cm³/mol. The quantitative estimate of drug-likeness (QED) is 0.603. The van der Waals surface area contributed by atoms with Crippen LogP contribution in [0.3, 0.4) is 0 Å². The second kappa shape index (κ2) is 9.48. The highest BCUT2D eigenvalue weighted by molar-refractivity contribution is 5.93. The van der Waals surface area contributed by atoms with Crippen molar-refractivity contribution >= 4 is 28.7 Å². The van der Waals surface area contributed by atoms with Crippen LogP contribution in [0, 0.1) is 11.8 Å². The maximum Gasteiger partial charge on any atom is 0.227 e. The van der Waals surface area contributed by atoms with Gasteiger partial charge in [0.15, 0.2) is 11.5 Å². The molecule has 7 heteroatoms. The van der Waals surface area contributed by atoms with E-state index in [0.717, 1.165) is 53.7 Å². The molecule has 33 heavy (non-hydrogen) atoms. The van der Waals surface area contributed by atoms with Crippen LogP contribution in [0.15, 0.2) is 48.7 Å². The molecule has 0 bridgehead atoms. The molecule has 170 valence electrons. The van der Waals surface area contributed by atoms with Crippen molar-refractivity contribution in [1.29, 1.82) is 0 Å². The molecule has 2 aromatic heterocycles. The van der Waals surface area contributed by atoms with Gasteiger partial charge in [-0.2, -0.15) is 0 Å². The van der Waals surface area contributed by atoms with E-state index in [-0.39, 0.29) is 11.8 Å². The lowest BCUT2D eigenvalue weighted by Crippen LogP contribution is -2.27. The van der Waals surface area contributed by atoms with Crippen molar-refractivity contribution in [3.8, 4) is 17.4 Å². The summed E-state index contributed by atoms with van der Waals surface area (Å²) < 4.78 is 16.4. The van der Waals surface area contributed by atoms with E-state index < -0.39 is 0 Å². The van der Waals surface area contributed by atoms with Gasteiger partial charge >= 0.3 is 0 Å². The summed E-state index contributed by atoms with van der Waals surface area (Å²) in [6.07, 6.45) is 9.87. The van der Waals surface area contributed by atoms with Crippen LogP contribution in [0.25, 0.3) is 17.1 Å². The Balaban J connectivity index is 1.19. The summed E-state index contributed by atoms with van der Waals surface area (Å²) in [6.45, 7) is 1.08. The summed E-state index contributed by atoms with van der Waals surface area (Å²) in [4.78, 5) is 21.7. The van der Waals surface area contributed by atoms with Gasteiger partial charge < -0.3 is 19.5 Å². The highest BCUT2D eigenvalue weighted by atomic mass is 16.6. The summed E-state index contributed by atoms with van der Waals surface area (Å²) in [7, 11) is 1.61. The molecule has 1 aromatic carbocycles. The number of aromatic nitrogens is 2. The highest BCUT2D eigenvalue weighted by Crippen LogP contribution is 2.34. The summed E-state index contributed by atoms with van der Waals surface area (Å²) in [5.74, 6) is 2.53. The molecule has 3 heterocycles. The van der Waals surface area contributed by atoms with Crippen molar-refractivity contribution in [1.82, 2.24) is 9.97 Å². The zero-order chi connectivity index (χ0) is 22.6. The number of fused-ring (bicyclic) bond motifs is 2. The normalized spacial score (nSPS) is 20.0. The largest absolute Gasteiger partial charge is 0.486 e. The molecule has 5 rings (SSSR count). The number of nitrogens with one attached hydrogen (secondary N) is 1. The second-order valence-electron chi connectivity index (χ2n) is 8.44. The number of carbonyl (C=O) groups is 1. The molecule has 7 nitrogen and oxygen atoms in total. The first-order valence-corrected chi connectivity index (χ1v) is 11.4. The molecule has 0 atom stereocenters. The monoisotopic (exact) mass is 445 g/mol. The molecule has 1 aliphatic carbocycles. The molecule has 1 amide bonds. The Labute approximate surface area is 192 Å². The van der Waals surface area contributed by atoms with Crippen molar-refractivity contribution in [3.63, 3.8) is 0 Å². The van der Waals surface area contributed by atoms with Crippen molar-refractivity contribution in [2.45, 2.75) is 25.7 Å². The van der Waals surface area contributed by atoms with Crippen LogP contribution >= 0.6 is 0 Å². The van der Waals surface area contributed by atoms with Crippen molar-refractivity contribution in [3.05, 3.63) is 54.2 Å². The second-order valence-corrected chi connectivity index (χ2v) is 8.44. The van der Waals surface area contributed by atoms with E-state index in [1.807, 2.05) is 36.4 Å². The first-order chi connectivity index (χ1) is 16.2. The number of carbonyl (C=O) groups excluding carboxylic acids is 1. The van der Waals surface area contributed by atoms with Gasteiger partial charge in [-0.25, -0.2) is 4.98 Å². The molecule has 3 aromatic rings. The van der Waals surface area contributed by atoms with Gasteiger partial charge in [0, 0.05) is 35.5 Å². The fourth-order valence-electron chi connectivity index (χ4n) is 4.45. The first-order valence-electron chi connectivity index (χ1n) is 11.4. The number of nitrogens with zero attached hydrogens (tertiary/aromatic N) is 2. The number of hydrogen-bond donors (Lipinski definition) is 1. The smallest absolute Gasteiger partial charge is 0.227 e. The number of hydrogen-bond acceptors (Lipinski definition) is 6. The van der Waals surface area contributed by atoms with Gasteiger partial charge in [-0.3, -0.25) is 9.78 Å². The van der Waals surface area contributed by atoms with E-state index in [1.165, 1.54) is 0 Å². The van der Waals surface area contributed by atoms with Crippen LogP contribution in [0.2, 0.25) is 0 Å². The Kier molecular flexibility index (Phi) is 6.11. The van der Waals surface area contributed by atoms with Gasteiger partial charge in [-0.1, -0.05) is 12.2 Å². The lowest BCUT2D eigenvalue weighted by Gasteiger charge is -2.26. The number of pyridine rings is 2. The average molecular weight is 446 g/mol. The van der Waals surface area contributed by atoms with Gasteiger partial charge in [-0.05, 0) is 55.9 Å². The van der Waals surface area contributed by atoms with Gasteiger partial charge in [0.05, 0.1) is 18.1 Å². The van der Waals surface area contributed by atoms with Crippen LogP contribution in [-0.4, -0.2) is 36.2 Å². The number of methoxy groups -OCH3 is 1. The standard InChI is InChI=1S/C26H27N3O4/c1-31-24-11-9-21-25(29-24)18(12-13-27-21)5-2-17-3-6-19(7-4-17)26(30)28-20-8-10-22-23(16-20)33-15-14-32-22/h2,5,8-13,16-17,19H,3-4,6-7,14-15H2,1H3,(H,28,30)/b5-2+. The SMILES string of the molecule is COc1ccc2nccc(/C=C/C3CCC(C(=O)Nc4ccc5c(c4)OCCO5)CC3)c2n1. The van der Waals surface area contributed by atoms with E-state index in [0.29, 0.717) is 30.8 Å². The van der Waals surface area contributed by atoms with Crippen LogP contribution in [0.1, 0.15) is 31.2 Å². The van der Waals surface area contributed by atoms with Crippen molar-refractivity contribution in [2.75, 3.05) is 25.6 Å². The topological polar surface area (TPSA) is 82.6 Å². The maximum absolute atomic E-state index is 12.8. The maximum atomic E-state index is 12.8.